The molecule has 18 heavy (non-hydrogen) atoms. The Hall–Kier alpha value is -1.79. The molecule has 0 heterocycles. The molecule has 1 rings (SSSR count). The molecular formula is C15H19NO2. The molecule has 0 amide bonds. The molecule has 1 aromatic carbocycles. The highest BCUT2D eigenvalue weighted by Crippen LogP contribution is 2.04. The van der Waals surface area contributed by atoms with Crippen LogP contribution in [0.15, 0.2) is 30.3 Å². The highest BCUT2D eigenvalue weighted by Gasteiger charge is 2.11. The summed E-state index contributed by atoms with van der Waals surface area (Å²) in [6.45, 7) is 3.77. The fraction of sp³-hybridized carbons (Fsp3) is 0.400. The number of ether oxygens (including phenoxy) is 1. The van der Waals surface area contributed by atoms with Gasteiger partial charge in [0.2, 0.25) is 0 Å². The number of esters is 1. The van der Waals surface area contributed by atoms with Gasteiger partial charge >= 0.3 is 5.97 Å². The second-order valence-electron chi connectivity index (χ2n) is 4.06. The Balaban J connectivity index is 2.50. The quantitative estimate of drug-likeness (QED) is 0.544. The second kappa shape index (κ2) is 8.32. The summed E-state index contributed by atoms with van der Waals surface area (Å²) in [5.41, 5.74) is 1.14. The van der Waals surface area contributed by atoms with E-state index in [2.05, 4.69) is 5.92 Å². The number of terminal acetylenes is 1. The van der Waals surface area contributed by atoms with E-state index in [1.165, 1.54) is 0 Å². The summed E-state index contributed by atoms with van der Waals surface area (Å²) in [7, 11) is 0. The van der Waals surface area contributed by atoms with Crippen LogP contribution in [0.3, 0.4) is 0 Å². The van der Waals surface area contributed by atoms with Gasteiger partial charge in [0, 0.05) is 6.54 Å². The molecule has 96 valence electrons. The maximum absolute atomic E-state index is 11.5. The minimum Gasteiger partial charge on any atom is -0.465 e. The van der Waals surface area contributed by atoms with E-state index in [1.807, 2.05) is 42.2 Å². The molecule has 0 aliphatic carbocycles. The van der Waals surface area contributed by atoms with Crippen molar-refractivity contribution < 1.29 is 9.53 Å². The Morgan fingerprint density at radius 3 is 2.72 bits per heavy atom. The number of benzene rings is 1. The Labute approximate surface area is 109 Å². The van der Waals surface area contributed by atoms with Crippen molar-refractivity contribution in [2.75, 3.05) is 19.7 Å². The van der Waals surface area contributed by atoms with Gasteiger partial charge < -0.3 is 4.74 Å². The fourth-order valence-electron chi connectivity index (χ4n) is 1.58. The molecule has 0 N–H and O–H groups in total. The Morgan fingerprint density at radius 1 is 1.39 bits per heavy atom. The predicted molar refractivity (Wildman–Crippen MR) is 71.8 cm³/mol. The van der Waals surface area contributed by atoms with E-state index in [9.17, 15) is 4.79 Å². The molecule has 0 aromatic heterocycles. The summed E-state index contributed by atoms with van der Waals surface area (Å²) in [6.07, 6.45) is 6.15. The first-order chi connectivity index (χ1) is 8.76. The highest BCUT2D eigenvalue weighted by atomic mass is 16.5. The normalized spacial score (nSPS) is 10.1. The summed E-state index contributed by atoms with van der Waals surface area (Å²) in [6, 6.07) is 9.93. The van der Waals surface area contributed by atoms with Crippen molar-refractivity contribution >= 4 is 5.97 Å². The van der Waals surface area contributed by atoms with Crippen LogP contribution < -0.4 is 0 Å². The molecule has 3 heteroatoms. The van der Waals surface area contributed by atoms with Crippen molar-refractivity contribution in [3.8, 4) is 12.3 Å². The molecule has 0 bridgehead atoms. The average Bonchev–Trinajstić information content (AvgIpc) is 2.38. The molecule has 0 fully saturated rings. The number of carbonyl (C=O) groups excluding carboxylic acids is 1. The maximum atomic E-state index is 11.5. The third kappa shape index (κ3) is 5.51. The smallest absolute Gasteiger partial charge is 0.320 e. The zero-order valence-electron chi connectivity index (χ0n) is 10.8. The van der Waals surface area contributed by atoms with Crippen LogP contribution in [-0.2, 0) is 16.1 Å². The van der Waals surface area contributed by atoms with Gasteiger partial charge in [-0.05, 0) is 12.0 Å². The minimum absolute atomic E-state index is 0.219. The van der Waals surface area contributed by atoms with Gasteiger partial charge in [-0.15, -0.1) is 6.42 Å². The lowest BCUT2D eigenvalue weighted by Gasteiger charge is -2.18. The molecule has 0 unspecified atom stereocenters. The lowest BCUT2D eigenvalue weighted by molar-refractivity contribution is -0.144. The van der Waals surface area contributed by atoms with Gasteiger partial charge in [0.25, 0.3) is 0 Å². The van der Waals surface area contributed by atoms with Crippen molar-refractivity contribution in [2.24, 2.45) is 0 Å². The molecule has 1 aromatic rings. The fourth-order valence-corrected chi connectivity index (χ4v) is 1.58. The average molecular weight is 245 g/mol. The molecule has 0 aliphatic heterocycles. The van der Waals surface area contributed by atoms with Gasteiger partial charge in [0.1, 0.15) is 0 Å². The monoisotopic (exact) mass is 245 g/mol. The Morgan fingerprint density at radius 2 is 2.11 bits per heavy atom. The van der Waals surface area contributed by atoms with Gasteiger partial charge in [0.05, 0.1) is 19.7 Å². The zero-order chi connectivity index (χ0) is 13.2. The standard InChI is InChI=1S/C15H19NO2/c1-3-10-16(13-15(17)18-11-4-2)12-14-8-6-5-7-9-14/h1,5-9H,4,10-13H2,2H3. The van der Waals surface area contributed by atoms with E-state index < -0.39 is 0 Å². The third-order valence-corrected chi connectivity index (χ3v) is 2.38. The molecule has 0 atom stereocenters. The first-order valence-electron chi connectivity index (χ1n) is 6.11. The molecule has 0 spiro atoms. The Bertz CT molecular complexity index is 395. The largest absolute Gasteiger partial charge is 0.465 e. The SMILES string of the molecule is C#CCN(CC(=O)OCCC)Cc1ccccc1. The Kier molecular flexibility index (Phi) is 6.60. The molecule has 0 aliphatic rings. The van der Waals surface area contributed by atoms with E-state index in [1.54, 1.807) is 0 Å². The molecule has 0 radical (unpaired) electrons. The number of carbonyl (C=O) groups is 1. The van der Waals surface area contributed by atoms with Crippen molar-refractivity contribution in [3.05, 3.63) is 35.9 Å². The number of hydrogen-bond donors (Lipinski definition) is 0. The summed E-state index contributed by atoms with van der Waals surface area (Å²) in [4.78, 5) is 13.4. The third-order valence-electron chi connectivity index (χ3n) is 2.38. The van der Waals surface area contributed by atoms with Crippen LogP contribution >= 0.6 is 0 Å². The molecule has 0 saturated carbocycles. The zero-order valence-corrected chi connectivity index (χ0v) is 10.8. The highest BCUT2D eigenvalue weighted by molar-refractivity contribution is 5.71. The second-order valence-corrected chi connectivity index (χ2v) is 4.06. The number of hydrogen-bond acceptors (Lipinski definition) is 3. The number of rotatable bonds is 7. The van der Waals surface area contributed by atoms with Crippen molar-refractivity contribution in [1.82, 2.24) is 4.90 Å². The van der Waals surface area contributed by atoms with Crippen molar-refractivity contribution in [3.63, 3.8) is 0 Å². The summed E-state index contributed by atoms with van der Waals surface area (Å²) >= 11 is 0. The predicted octanol–water partition coefficient (Wildman–Crippen LogP) is 2.07. The summed E-state index contributed by atoms with van der Waals surface area (Å²) < 4.78 is 5.06. The molecule has 3 nitrogen and oxygen atoms in total. The van der Waals surface area contributed by atoms with Crippen LogP contribution in [-0.4, -0.2) is 30.6 Å². The lowest BCUT2D eigenvalue weighted by atomic mass is 10.2. The van der Waals surface area contributed by atoms with Crippen molar-refractivity contribution in [2.45, 2.75) is 19.9 Å². The maximum Gasteiger partial charge on any atom is 0.320 e. The van der Waals surface area contributed by atoms with E-state index in [-0.39, 0.29) is 12.5 Å². The van der Waals surface area contributed by atoms with Crippen molar-refractivity contribution in [1.29, 1.82) is 0 Å². The molecule has 0 saturated heterocycles. The van der Waals surface area contributed by atoms with Gasteiger partial charge in [-0.25, -0.2) is 0 Å². The van der Waals surface area contributed by atoms with Crippen LogP contribution in [0.25, 0.3) is 0 Å². The first-order valence-corrected chi connectivity index (χ1v) is 6.11. The first kappa shape index (κ1) is 14.3. The van der Waals surface area contributed by atoms with E-state index >= 15 is 0 Å². The van der Waals surface area contributed by atoms with Crippen LogP contribution in [0.4, 0.5) is 0 Å². The number of nitrogens with zero attached hydrogens (tertiary/aromatic N) is 1. The van der Waals surface area contributed by atoms with E-state index in [0.717, 1.165) is 12.0 Å². The topological polar surface area (TPSA) is 29.5 Å². The van der Waals surface area contributed by atoms with Gasteiger partial charge in [-0.2, -0.15) is 0 Å². The van der Waals surface area contributed by atoms with E-state index in [0.29, 0.717) is 19.7 Å². The summed E-state index contributed by atoms with van der Waals surface area (Å²) in [5.74, 6) is 2.35. The van der Waals surface area contributed by atoms with Crippen LogP contribution in [0.2, 0.25) is 0 Å². The van der Waals surface area contributed by atoms with Gasteiger partial charge in [-0.3, -0.25) is 9.69 Å². The summed E-state index contributed by atoms with van der Waals surface area (Å²) in [5, 5.41) is 0. The lowest BCUT2D eigenvalue weighted by Crippen LogP contribution is -2.31. The van der Waals surface area contributed by atoms with Crippen LogP contribution in [0.1, 0.15) is 18.9 Å². The minimum atomic E-state index is -0.219. The van der Waals surface area contributed by atoms with Crippen LogP contribution in [0.5, 0.6) is 0 Å². The van der Waals surface area contributed by atoms with Gasteiger partial charge in [0.15, 0.2) is 0 Å². The van der Waals surface area contributed by atoms with Gasteiger partial charge in [-0.1, -0.05) is 43.2 Å². The van der Waals surface area contributed by atoms with Crippen LogP contribution in [0, 0.1) is 12.3 Å². The molecular weight excluding hydrogens is 226 g/mol. The van der Waals surface area contributed by atoms with E-state index in [4.69, 9.17) is 11.2 Å².